The zero-order valence-electron chi connectivity index (χ0n) is 5.78. The SMILES string of the molecule is C1=CC2=C3CNCC3=C1C2. The summed E-state index contributed by atoms with van der Waals surface area (Å²) in [5.41, 5.74) is 6.32. The van der Waals surface area contributed by atoms with Gasteiger partial charge in [-0.15, -0.1) is 0 Å². The van der Waals surface area contributed by atoms with E-state index in [1.54, 1.807) is 22.3 Å². The molecule has 0 spiro atoms. The Labute approximate surface area is 60.1 Å². The van der Waals surface area contributed by atoms with E-state index in [4.69, 9.17) is 0 Å². The number of rotatable bonds is 0. The van der Waals surface area contributed by atoms with Gasteiger partial charge < -0.3 is 5.32 Å². The zero-order valence-corrected chi connectivity index (χ0v) is 5.78. The maximum atomic E-state index is 3.37. The fraction of sp³-hybridized carbons (Fsp3) is 0.333. The van der Waals surface area contributed by atoms with E-state index in [2.05, 4.69) is 17.5 Å². The number of hydrogen-bond acceptors (Lipinski definition) is 1. The fourth-order valence-electron chi connectivity index (χ4n) is 2.08. The van der Waals surface area contributed by atoms with Gasteiger partial charge in [-0.1, -0.05) is 12.2 Å². The van der Waals surface area contributed by atoms with Gasteiger partial charge in [-0.25, -0.2) is 0 Å². The van der Waals surface area contributed by atoms with E-state index in [9.17, 15) is 0 Å². The molecule has 2 aliphatic carbocycles. The average Bonchev–Trinajstić information content (AvgIpc) is 2.60. The highest BCUT2D eigenvalue weighted by Gasteiger charge is 2.28. The monoisotopic (exact) mass is 131 g/mol. The maximum absolute atomic E-state index is 3.37. The molecule has 2 bridgehead atoms. The van der Waals surface area contributed by atoms with Gasteiger partial charge in [0, 0.05) is 13.1 Å². The second-order valence-electron chi connectivity index (χ2n) is 3.12. The third-order valence-corrected chi connectivity index (χ3v) is 2.61. The number of allylic oxidation sites excluding steroid dienone is 4. The number of fused-ring (bicyclic) bond motifs is 3. The van der Waals surface area contributed by atoms with Crippen molar-refractivity contribution in [2.45, 2.75) is 6.42 Å². The van der Waals surface area contributed by atoms with Crippen LogP contribution in [0, 0.1) is 0 Å². The summed E-state index contributed by atoms with van der Waals surface area (Å²) < 4.78 is 0. The molecule has 3 aliphatic rings. The van der Waals surface area contributed by atoms with Gasteiger partial charge in [0.25, 0.3) is 0 Å². The summed E-state index contributed by atoms with van der Waals surface area (Å²) in [6.45, 7) is 2.22. The lowest BCUT2D eigenvalue weighted by atomic mass is 10.1. The van der Waals surface area contributed by atoms with Crippen molar-refractivity contribution in [3.05, 3.63) is 34.4 Å². The van der Waals surface area contributed by atoms with Crippen LogP contribution in [0.5, 0.6) is 0 Å². The molecule has 0 unspecified atom stereocenters. The van der Waals surface area contributed by atoms with Gasteiger partial charge in [0.05, 0.1) is 0 Å². The molecule has 1 N–H and O–H groups in total. The minimum absolute atomic E-state index is 1.11. The second kappa shape index (κ2) is 1.43. The van der Waals surface area contributed by atoms with Crippen LogP contribution in [-0.4, -0.2) is 13.1 Å². The molecule has 1 nitrogen and oxygen atoms in total. The molecule has 0 radical (unpaired) electrons. The van der Waals surface area contributed by atoms with Crippen molar-refractivity contribution in [1.82, 2.24) is 5.32 Å². The summed E-state index contributed by atoms with van der Waals surface area (Å²) in [4.78, 5) is 0. The van der Waals surface area contributed by atoms with Crippen molar-refractivity contribution in [3.63, 3.8) is 0 Å². The van der Waals surface area contributed by atoms with Gasteiger partial charge in [0.15, 0.2) is 0 Å². The normalized spacial score (nSPS) is 27.2. The first-order valence-corrected chi connectivity index (χ1v) is 3.78. The predicted molar refractivity (Wildman–Crippen MR) is 40.7 cm³/mol. The standard InChI is InChI=1S/C9H9N/c1-2-7-3-6(1)8-4-10-5-9(7)8/h1-2,10H,3-5H2. The zero-order chi connectivity index (χ0) is 6.55. The minimum Gasteiger partial charge on any atom is -0.309 e. The summed E-state index contributed by atoms with van der Waals surface area (Å²) in [6, 6.07) is 0. The maximum Gasteiger partial charge on any atom is 0.0214 e. The van der Waals surface area contributed by atoms with Crippen LogP contribution in [0.15, 0.2) is 34.4 Å². The third kappa shape index (κ3) is 0.400. The topological polar surface area (TPSA) is 12.0 Å². The second-order valence-corrected chi connectivity index (χ2v) is 3.12. The molecule has 0 atom stereocenters. The summed E-state index contributed by atoms with van der Waals surface area (Å²) >= 11 is 0. The lowest BCUT2D eigenvalue weighted by Gasteiger charge is -1.98. The molecule has 50 valence electrons. The number of nitrogens with one attached hydrogen (secondary N) is 1. The van der Waals surface area contributed by atoms with Crippen molar-refractivity contribution in [2.24, 2.45) is 0 Å². The Hall–Kier alpha value is -0.820. The fourth-order valence-corrected chi connectivity index (χ4v) is 2.08. The van der Waals surface area contributed by atoms with Gasteiger partial charge in [0.1, 0.15) is 0 Å². The van der Waals surface area contributed by atoms with E-state index in [0.717, 1.165) is 13.1 Å². The molecule has 0 aromatic carbocycles. The molecule has 10 heavy (non-hydrogen) atoms. The van der Waals surface area contributed by atoms with Gasteiger partial charge in [-0.2, -0.15) is 0 Å². The molecule has 1 heterocycles. The van der Waals surface area contributed by atoms with Crippen LogP contribution in [0.1, 0.15) is 6.42 Å². The van der Waals surface area contributed by atoms with Crippen LogP contribution in [0.25, 0.3) is 0 Å². The highest BCUT2D eigenvalue weighted by atomic mass is 14.9. The van der Waals surface area contributed by atoms with Crippen LogP contribution < -0.4 is 5.32 Å². The van der Waals surface area contributed by atoms with Crippen LogP contribution >= 0.6 is 0 Å². The molecule has 1 fully saturated rings. The van der Waals surface area contributed by atoms with E-state index in [1.807, 2.05) is 0 Å². The molecule has 0 aromatic rings. The summed E-state index contributed by atoms with van der Waals surface area (Å²) in [6.07, 6.45) is 5.76. The highest BCUT2D eigenvalue weighted by molar-refractivity contribution is 5.62. The Bertz CT molecular complexity index is 264. The third-order valence-electron chi connectivity index (χ3n) is 2.61. The Balaban J connectivity index is 2.31. The van der Waals surface area contributed by atoms with Gasteiger partial charge in [-0.05, 0) is 28.7 Å². The lowest BCUT2D eigenvalue weighted by molar-refractivity contribution is 0.886. The summed E-state index contributed by atoms with van der Waals surface area (Å²) in [5, 5.41) is 3.37. The smallest absolute Gasteiger partial charge is 0.0214 e. The Morgan fingerprint density at radius 1 is 1.00 bits per heavy atom. The Morgan fingerprint density at radius 2 is 1.60 bits per heavy atom. The van der Waals surface area contributed by atoms with Crippen LogP contribution in [0.2, 0.25) is 0 Å². The average molecular weight is 131 g/mol. The first-order chi connectivity index (χ1) is 4.95. The van der Waals surface area contributed by atoms with Crippen LogP contribution in [0.3, 0.4) is 0 Å². The molecule has 0 amide bonds. The van der Waals surface area contributed by atoms with Crippen molar-refractivity contribution in [2.75, 3.05) is 13.1 Å². The molecule has 1 aliphatic heterocycles. The first kappa shape index (κ1) is 4.91. The van der Waals surface area contributed by atoms with E-state index in [0.29, 0.717) is 0 Å². The molecule has 0 aromatic heterocycles. The van der Waals surface area contributed by atoms with E-state index in [-0.39, 0.29) is 0 Å². The summed E-state index contributed by atoms with van der Waals surface area (Å²) in [7, 11) is 0. The largest absolute Gasteiger partial charge is 0.309 e. The van der Waals surface area contributed by atoms with Crippen molar-refractivity contribution >= 4 is 0 Å². The predicted octanol–water partition coefficient (Wildman–Crippen LogP) is 1.16. The Kier molecular flexibility index (Phi) is 0.702. The molecule has 1 heteroatoms. The van der Waals surface area contributed by atoms with Crippen LogP contribution in [0.4, 0.5) is 0 Å². The van der Waals surface area contributed by atoms with Crippen LogP contribution in [-0.2, 0) is 0 Å². The molecular formula is C9H9N. The Morgan fingerprint density at radius 3 is 2.20 bits per heavy atom. The van der Waals surface area contributed by atoms with Crippen molar-refractivity contribution in [1.29, 1.82) is 0 Å². The molecule has 3 rings (SSSR count). The lowest BCUT2D eigenvalue weighted by Crippen LogP contribution is -2.06. The van der Waals surface area contributed by atoms with E-state index >= 15 is 0 Å². The highest BCUT2D eigenvalue weighted by Crippen LogP contribution is 2.40. The van der Waals surface area contributed by atoms with E-state index < -0.39 is 0 Å². The van der Waals surface area contributed by atoms with Crippen molar-refractivity contribution < 1.29 is 0 Å². The van der Waals surface area contributed by atoms with E-state index in [1.165, 1.54) is 6.42 Å². The quantitative estimate of drug-likeness (QED) is 0.520. The van der Waals surface area contributed by atoms with Gasteiger partial charge >= 0.3 is 0 Å². The molecule has 0 saturated carbocycles. The molecule has 1 saturated heterocycles. The minimum atomic E-state index is 1.11. The first-order valence-electron chi connectivity index (χ1n) is 3.78. The van der Waals surface area contributed by atoms with Gasteiger partial charge in [-0.3, -0.25) is 0 Å². The van der Waals surface area contributed by atoms with Crippen molar-refractivity contribution in [3.8, 4) is 0 Å². The number of hydrogen-bond donors (Lipinski definition) is 1. The summed E-state index contributed by atoms with van der Waals surface area (Å²) in [5.74, 6) is 0. The molecular weight excluding hydrogens is 122 g/mol. The van der Waals surface area contributed by atoms with Gasteiger partial charge in [0.2, 0.25) is 0 Å².